The molecule has 1 aromatic rings. The van der Waals surface area contributed by atoms with Crippen LogP contribution in [0.25, 0.3) is 0 Å². The highest BCUT2D eigenvalue weighted by molar-refractivity contribution is 5.82. The predicted molar refractivity (Wildman–Crippen MR) is 72.2 cm³/mol. The number of nitrogens with zero attached hydrogens (tertiary/aromatic N) is 1. The van der Waals surface area contributed by atoms with Gasteiger partial charge in [0.05, 0.1) is 5.92 Å². The molecule has 0 heterocycles. The zero-order valence-electron chi connectivity index (χ0n) is 11.4. The molecule has 1 rings (SSSR count). The minimum atomic E-state index is -0.0507. The van der Waals surface area contributed by atoms with E-state index >= 15 is 0 Å². The Labute approximate surface area is 105 Å². The van der Waals surface area contributed by atoms with E-state index in [0.29, 0.717) is 0 Å². The molecule has 1 amide bonds. The Bertz CT molecular complexity index is 354. The Morgan fingerprint density at radius 2 is 1.82 bits per heavy atom. The number of unbranched alkanes of at least 4 members (excludes halogenated alkanes) is 1. The summed E-state index contributed by atoms with van der Waals surface area (Å²) in [4.78, 5) is 13.5. The van der Waals surface area contributed by atoms with E-state index in [4.69, 9.17) is 0 Å². The average molecular weight is 233 g/mol. The maximum atomic E-state index is 11.8. The summed E-state index contributed by atoms with van der Waals surface area (Å²) < 4.78 is 0. The minimum absolute atomic E-state index is 0.0507. The molecule has 0 aliphatic rings. The van der Waals surface area contributed by atoms with Gasteiger partial charge < -0.3 is 4.90 Å². The monoisotopic (exact) mass is 233 g/mol. The zero-order valence-corrected chi connectivity index (χ0v) is 11.4. The smallest absolute Gasteiger partial charge is 0.229 e. The molecular weight excluding hydrogens is 210 g/mol. The zero-order chi connectivity index (χ0) is 12.8. The van der Waals surface area contributed by atoms with Crippen molar-refractivity contribution in [3.05, 3.63) is 35.4 Å². The molecule has 0 saturated carbocycles. The SMILES string of the molecule is CCCCc1ccc(C(C)C(=O)N(C)C)cc1. The van der Waals surface area contributed by atoms with Crippen LogP contribution in [0.2, 0.25) is 0 Å². The highest BCUT2D eigenvalue weighted by atomic mass is 16.2. The number of carbonyl (C=O) groups is 1. The Hall–Kier alpha value is -1.31. The van der Waals surface area contributed by atoms with Gasteiger partial charge in [0, 0.05) is 14.1 Å². The van der Waals surface area contributed by atoms with Gasteiger partial charge in [0.2, 0.25) is 5.91 Å². The lowest BCUT2D eigenvalue weighted by Gasteiger charge is -2.17. The van der Waals surface area contributed by atoms with E-state index in [0.717, 1.165) is 12.0 Å². The number of aryl methyl sites for hydroxylation is 1. The van der Waals surface area contributed by atoms with Gasteiger partial charge in [-0.05, 0) is 30.9 Å². The Morgan fingerprint density at radius 1 is 1.24 bits per heavy atom. The van der Waals surface area contributed by atoms with Crippen molar-refractivity contribution in [3.63, 3.8) is 0 Å². The van der Waals surface area contributed by atoms with E-state index in [1.54, 1.807) is 19.0 Å². The van der Waals surface area contributed by atoms with Crippen molar-refractivity contribution in [2.75, 3.05) is 14.1 Å². The van der Waals surface area contributed by atoms with Gasteiger partial charge in [-0.15, -0.1) is 0 Å². The maximum absolute atomic E-state index is 11.8. The Morgan fingerprint density at radius 3 is 2.29 bits per heavy atom. The molecule has 1 unspecified atom stereocenters. The van der Waals surface area contributed by atoms with Crippen LogP contribution in [0.3, 0.4) is 0 Å². The second-order valence-corrected chi connectivity index (χ2v) is 4.80. The second kappa shape index (κ2) is 6.43. The number of hydrogen-bond donors (Lipinski definition) is 0. The largest absolute Gasteiger partial charge is 0.348 e. The van der Waals surface area contributed by atoms with Gasteiger partial charge in [0.25, 0.3) is 0 Å². The van der Waals surface area contributed by atoms with Crippen molar-refractivity contribution in [1.29, 1.82) is 0 Å². The van der Waals surface area contributed by atoms with Crippen molar-refractivity contribution in [3.8, 4) is 0 Å². The molecule has 0 radical (unpaired) electrons. The number of hydrogen-bond acceptors (Lipinski definition) is 1. The minimum Gasteiger partial charge on any atom is -0.348 e. The summed E-state index contributed by atoms with van der Waals surface area (Å²) in [5.41, 5.74) is 2.46. The van der Waals surface area contributed by atoms with E-state index in [-0.39, 0.29) is 11.8 Å². The first-order valence-electron chi connectivity index (χ1n) is 6.36. The summed E-state index contributed by atoms with van der Waals surface area (Å²) in [6.07, 6.45) is 3.58. The summed E-state index contributed by atoms with van der Waals surface area (Å²) in [6.45, 7) is 4.16. The van der Waals surface area contributed by atoms with Gasteiger partial charge in [-0.3, -0.25) is 4.79 Å². The van der Waals surface area contributed by atoms with Crippen LogP contribution in [-0.2, 0) is 11.2 Å². The second-order valence-electron chi connectivity index (χ2n) is 4.80. The summed E-state index contributed by atoms with van der Waals surface area (Å²) >= 11 is 0. The van der Waals surface area contributed by atoms with Crippen LogP contribution in [0.1, 0.15) is 43.7 Å². The van der Waals surface area contributed by atoms with E-state index in [2.05, 4.69) is 31.2 Å². The van der Waals surface area contributed by atoms with Crippen molar-refractivity contribution in [1.82, 2.24) is 4.90 Å². The molecular formula is C15H23NO. The first-order chi connectivity index (χ1) is 8.06. The van der Waals surface area contributed by atoms with Crippen molar-refractivity contribution in [2.45, 2.75) is 39.0 Å². The van der Waals surface area contributed by atoms with E-state index in [9.17, 15) is 4.79 Å². The molecule has 0 saturated heterocycles. The molecule has 17 heavy (non-hydrogen) atoms. The van der Waals surface area contributed by atoms with Crippen LogP contribution in [0, 0.1) is 0 Å². The highest BCUT2D eigenvalue weighted by Gasteiger charge is 2.16. The summed E-state index contributed by atoms with van der Waals surface area (Å²) in [6, 6.07) is 8.45. The maximum Gasteiger partial charge on any atom is 0.229 e. The third kappa shape index (κ3) is 3.88. The highest BCUT2D eigenvalue weighted by Crippen LogP contribution is 2.18. The van der Waals surface area contributed by atoms with Gasteiger partial charge >= 0.3 is 0 Å². The van der Waals surface area contributed by atoms with Crippen LogP contribution < -0.4 is 0 Å². The molecule has 0 N–H and O–H groups in total. The molecule has 0 aliphatic heterocycles. The van der Waals surface area contributed by atoms with Gasteiger partial charge in [0.1, 0.15) is 0 Å². The molecule has 2 heteroatoms. The summed E-state index contributed by atoms with van der Waals surface area (Å²) in [5, 5.41) is 0. The standard InChI is InChI=1S/C15H23NO/c1-5-6-7-13-8-10-14(11-9-13)12(2)15(17)16(3)4/h8-12H,5-7H2,1-4H3. The molecule has 0 aliphatic carbocycles. The fourth-order valence-electron chi connectivity index (χ4n) is 1.88. The summed E-state index contributed by atoms with van der Waals surface area (Å²) in [5.74, 6) is 0.108. The van der Waals surface area contributed by atoms with E-state index < -0.39 is 0 Å². The molecule has 0 spiro atoms. The lowest BCUT2D eigenvalue weighted by atomic mass is 9.97. The van der Waals surface area contributed by atoms with Crippen molar-refractivity contribution < 1.29 is 4.79 Å². The molecule has 0 aromatic heterocycles. The summed E-state index contributed by atoms with van der Waals surface area (Å²) in [7, 11) is 3.60. The van der Waals surface area contributed by atoms with Gasteiger partial charge in [0.15, 0.2) is 0 Å². The lowest BCUT2D eigenvalue weighted by molar-refractivity contribution is -0.129. The Kier molecular flexibility index (Phi) is 5.20. The number of likely N-dealkylation sites (N-methyl/N-ethyl adjacent to an activating group) is 1. The van der Waals surface area contributed by atoms with Gasteiger partial charge in [-0.2, -0.15) is 0 Å². The van der Waals surface area contributed by atoms with Gasteiger partial charge in [-0.25, -0.2) is 0 Å². The lowest BCUT2D eigenvalue weighted by Crippen LogP contribution is -2.26. The third-order valence-electron chi connectivity index (χ3n) is 3.11. The predicted octanol–water partition coefficient (Wildman–Crippen LogP) is 3.22. The number of rotatable bonds is 5. The number of carbonyl (C=O) groups excluding carboxylic acids is 1. The first kappa shape index (κ1) is 13.8. The molecule has 1 aromatic carbocycles. The van der Waals surface area contributed by atoms with Gasteiger partial charge in [-0.1, -0.05) is 37.6 Å². The molecule has 94 valence electrons. The Balaban J connectivity index is 2.70. The van der Waals surface area contributed by atoms with Crippen molar-refractivity contribution in [2.24, 2.45) is 0 Å². The number of amides is 1. The van der Waals surface area contributed by atoms with Crippen LogP contribution in [0.15, 0.2) is 24.3 Å². The van der Waals surface area contributed by atoms with Crippen LogP contribution in [0.5, 0.6) is 0 Å². The fraction of sp³-hybridized carbons (Fsp3) is 0.533. The fourth-order valence-corrected chi connectivity index (χ4v) is 1.88. The van der Waals surface area contributed by atoms with Crippen LogP contribution >= 0.6 is 0 Å². The quantitative estimate of drug-likeness (QED) is 0.764. The third-order valence-corrected chi connectivity index (χ3v) is 3.11. The molecule has 0 bridgehead atoms. The molecule has 1 atom stereocenters. The van der Waals surface area contributed by atoms with E-state index in [1.807, 2.05) is 6.92 Å². The van der Waals surface area contributed by atoms with E-state index in [1.165, 1.54) is 18.4 Å². The number of benzene rings is 1. The molecule has 2 nitrogen and oxygen atoms in total. The van der Waals surface area contributed by atoms with Crippen LogP contribution in [0.4, 0.5) is 0 Å². The average Bonchev–Trinajstić information content (AvgIpc) is 2.35. The van der Waals surface area contributed by atoms with Crippen molar-refractivity contribution >= 4 is 5.91 Å². The molecule has 0 fully saturated rings. The first-order valence-corrected chi connectivity index (χ1v) is 6.36. The van der Waals surface area contributed by atoms with Crippen LogP contribution in [-0.4, -0.2) is 24.9 Å². The topological polar surface area (TPSA) is 20.3 Å². The normalized spacial score (nSPS) is 12.2.